The highest BCUT2D eigenvalue weighted by Gasteiger charge is 2.13. The maximum absolute atomic E-state index is 10.5. The molecule has 18 heavy (non-hydrogen) atoms. The Labute approximate surface area is 104 Å². The molecule has 8 heteroatoms. The Morgan fingerprint density at radius 1 is 1.33 bits per heavy atom. The Hall–Kier alpha value is -1.93. The van der Waals surface area contributed by atoms with Gasteiger partial charge in [0.2, 0.25) is 11.7 Å². The van der Waals surface area contributed by atoms with Crippen molar-refractivity contribution in [1.82, 2.24) is 4.98 Å². The first kappa shape index (κ1) is 14.1. The molecular weight excluding hydrogens is 242 g/mol. The van der Waals surface area contributed by atoms with Crippen LogP contribution in [0, 0.1) is 10.1 Å². The monoisotopic (exact) mass is 257 g/mol. The molecule has 0 fully saturated rings. The standard InChI is InChI=1S/C10H15N3O5/c1-16-4-5-17-6-7-18-9-3-2-8(13(14)15)10(11)12-9/h2-3H,4-7H2,1H3,(H2,11,12). The van der Waals surface area contributed by atoms with Crippen LogP contribution in [0.1, 0.15) is 0 Å². The summed E-state index contributed by atoms with van der Waals surface area (Å²) in [4.78, 5) is 13.7. The van der Waals surface area contributed by atoms with E-state index in [0.717, 1.165) is 0 Å². The smallest absolute Gasteiger partial charge is 0.311 e. The van der Waals surface area contributed by atoms with E-state index in [1.165, 1.54) is 12.1 Å². The molecule has 100 valence electrons. The van der Waals surface area contributed by atoms with Crippen molar-refractivity contribution in [3.05, 3.63) is 22.2 Å². The second-order valence-electron chi connectivity index (χ2n) is 3.26. The summed E-state index contributed by atoms with van der Waals surface area (Å²) in [5.41, 5.74) is 5.17. The number of nitrogens with zero attached hydrogens (tertiary/aromatic N) is 2. The summed E-state index contributed by atoms with van der Waals surface area (Å²) in [6.07, 6.45) is 0. The van der Waals surface area contributed by atoms with Gasteiger partial charge in [-0.15, -0.1) is 0 Å². The topological polar surface area (TPSA) is 110 Å². The van der Waals surface area contributed by atoms with Gasteiger partial charge in [0, 0.05) is 19.2 Å². The van der Waals surface area contributed by atoms with Crippen LogP contribution in [0.4, 0.5) is 11.5 Å². The largest absolute Gasteiger partial charge is 0.475 e. The van der Waals surface area contributed by atoms with E-state index in [1.54, 1.807) is 7.11 Å². The van der Waals surface area contributed by atoms with E-state index in [1.807, 2.05) is 0 Å². The van der Waals surface area contributed by atoms with E-state index >= 15 is 0 Å². The highest BCUT2D eigenvalue weighted by Crippen LogP contribution is 2.21. The number of aromatic nitrogens is 1. The fourth-order valence-electron chi connectivity index (χ4n) is 1.13. The quantitative estimate of drug-likeness (QED) is 0.412. The Balaban J connectivity index is 2.35. The van der Waals surface area contributed by atoms with Crippen molar-refractivity contribution >= 4 is 11.5 Å². The minimum atomic E-state index is -0.597. The zero-order chi connectivity index (χ0) is 13.4. The summed E-state index contributed by atoms with van der Waals surface area (Å²) in [7, 11) is 1.59. The van der Waals surface area contributed by atoms with Gasteiger partial charge in [-0.25, -0.2) is 0 Å². The zero-order valence-electron chi connectivity index (χ0n) is 10.00. The molecule has 0 radical (unpaired) electrons. The van der Waals surface area contributed by atoms with Gasteiger partial charge in [-0.1, -0.05) is 0 Å². The fourth-order valence-corrected chi connectivity index (χ4v) is 1.13. The Morgan fingerprint density at radius 3 is 2.67 bits per heavy atom. The van der Waals surface area contributed by atoms with E-state index in [9.17, 15) is 10.1 Å². The Bertz CT molecular complexity index is 399. The molecule has 0 amide bonds. The lowest BCUT2D eigenvalue weighted by Crippen LogP contribution is -2.11. The molecule has 0 aliphatic heterocycles. The predicted octanol–water partition coefficient (Wildman–Crippen LogP) is 0.614. The molecule has 0 aliphatic carbocycles. The minimum absolute atomic E-state index is 0.169. The average Bonchev–Trinajstić information content (AvgIpc) is 2.33. The third-order valence-electron chi connectivity index (χ3n) is 1.98. The lowest BCUT2D eigenvalue weighted by atomic mass is 10.4. The van der Waals surface area contributed by atoms with Crippen LogP contribution >= 0.6 is 0 Å². The molecule has 1 rings (SSSR count). The minimum Gasteiger partial charge on any atom is -0.475 e. The van der Waals surface area contributed by atoms with Gasteiger partial charge in [-0.2, -0.15) is 4.98 Å². The third kappa shape index (κ3) is 4.52. The van der Waals surface area contributed by atoms with Gasteiger partial charge in [-0.05, 0) is 0 Å². The molecule has 0 spiro atoms. The van der Waals surface area contributed by atoms with Gasteiger partial charge in [0.1, 0.15) is 6.61 Å². The van der Waals surface area contributed by atoms with Crippen molar-refractivity contribution in [2.24, 2.45) is 0 Å². The van der Waals surface area contributed by atoms with Gasteiger partial charge in [0.05, 0.1) is 24.7 Å². The van der Waals surface area contributed by atoms with Crippen LogP contribution in [0.2, 0.25) is 0 Å². The number of nitrogens with two attached hydrogens (primary N) is 1. The van der Waals surface area contributed by atoms with E-state index < -0.39 is 4.92 Å². The van der Waals surface area contributed by atoms with Gasteiger partial charge >= 0.3 is 5.69 Å². The van der Waals surface area contributed by atoms with Gasteiger partial charge in [0.25, 0.3) is 0 Å². The first-order chi connectivity index (χ1) is 8.65. The van der Waals surface area contributed by atoms with E-state index in [2.05, 4.69) is 4.98 Å². The number of hydrogen-bond acceptors (Lipinski definition) is 7. The summed E-state index contributed by atoms with van der Waals surface area (Å²) in [6.45, 7) is 1.66. The molecule has 2 N–H and O–H groups in total. The molecule has 0 saturated carbocycles. The van der Waals surface area contributed by atoms with Crippen LogP contribution in [0.15, 0.2) is 12.1 Å². The van der Waals surface area contributed by atoms with Gasteiger partial charge in [-0.3, -0.25) is 10.1 Å². The normalized spacial score (nSPS) is 10.3. The molecule has 0 aromatic carbocycles. The summed E-state index contributed by atoms with van der Waals surface area (Å²) in [5, 5.41) is 10.5. The highest BCUT2D eigenvalue weighted by molar-refractivity contribution is 5.53. The molecule has 1 heterocycles. The molecule has 0 bridgehead atoms. The number of nitro groups is 1. The summed E-state index contributed by atoms with van der Waals surface area (Å²) in [5.74, 6) is 0.0613. The van der Waals surface area contributed by atoms with Gasteiger partial charge in [0.15, 0.2) is 0 Å². The number of ether oxygens (including phenoxy) is 3. The molecule has 0 saturated heterocycles. The van der Waals surface area contributed by atoms with Crippen molar-refractivity contribution in [3.8, 4) is 5.88 Å². The fraction of sp³-hybridized carbons (Fsp3) is 0.500. The van der Waals surface area contributed by atoms with Crippen molar-refractivity contribution in [1.29, 1.82) is 0 Å². The first-order valence-corrected chi connectivity index (χ1v) is 5.25. The van der Waals surface area contributed by atoms with Crippen molar-refractivity contribution in [3.63, 3.8) is 0 Å². The molecule has 1 aromatic heterocycles. The number of pyridine rings is 1. The SMILES string of the molecule is COCCOCCOc1ccc([N+](=O)[O-])c(N)n1. The highest BCUT2D eigenvalue weighted by atomic mass is 16.6. The first-order valence-electron chi connectivity index (χ1n) is 5.25. The average molecular weight is 257 g/mol. The lowest BCUT2D eigenvalue weighted by molar-refractivity contribution is -0.384. The molecular formula is C10H15N3O5. The van der Waals surface area contributed by atoms with E-state index in [-0.39, 0.29) is 24.0 Å². The van der Waals surface area contributed by atoms with Crippen molar-refractivity contribution in [2.75, 3.05) is 39.3 Å². The molecule has 0 atom stereocenters. The third-order valence-corrected chi connectivity index (χ3v) is 1.98. The van der Waals surface area contributed by atoms with Crippen LogP contribution < -0.4 is 10.5 Å². The maximum atomic E-state index is 10.5. The van der Waals surface area contributed by atoms with Crippen LogP contribution in [-0.2, 0) is 9.47 Å². The zero-order valence-corrected chi connectivity index (χ0v) is 10.00. The predicted molar refractivity (Wildman–Crippen MR) is 63.5 cm³/mol. The number of hydrogen-bond donors (Lipinski definition) is 1. The van der Waals surface area contributed by atoms with E-state index in [0.29, 0.717) is 19.8 Å². The molecule has 0 unspecified atom stereocenters. The van der Waals surface area contributed by atoms with Crippen LogP contribution in [0.3, 0.4) is 0 Å². The Morgan fingerprint density at radius 2 is 2.06 bits per heavy atom. The summed E-state index contributed by atoms with van der Waals surface area (Å²) < 4.78 is 15.2. The molecule has 1 aromatic rings. The van der Waals surface area contributed by atoms with Gasteiger partial charge < -0.3 is 19.9 Å². The number of methoxy groups -OCH3 is 1. The lowest BCUT2D eigenvalue weighted by Gasteiger charge is -2.06. The summed E-state index contributed by atoms with van der Waals surface area (Å²) >= 11 is 0. The van der Waals surface area contributed by atoms with Crippen LogP contribution in [0.5, 0.6) is 5.88 Å². The second kappa shape index (κ2) is 7.41. The number of nitrogen functional groups attached to an aromatic ring is 1. The van der Waals surface area contributed by atoms with Crippen LogP contribution in [-0.4, -0.2) is 43.4 Å². The maximum Gasteiger partial charge on any atom is 0.311 e. The number of anilines is 1. The van der Waals surface area contributed by atoms with E-state index in [4.69, 9.17) is 19.9 Å². The summed E-state index contributed by atoms with van der Waals surface area (Å²) in [6, 6.07) is 2.65. The number of rotatable bonds is 8. The molecule has 0 aliphatic rings. The van der Waals surface area contributed by atoms with Crippen molar-refractivity contribution in [2.45, 2.75) is 0 Å². The molecule has 8 nitrogen and oxygen atoms in total. The van der Waals surface area contributed by atoms with Crippen LogP contribution in [0.25, 0.3) is 0 Å². The Kier molecular flexibility index (Phi) is 5.81. The van der Waals surface area contributed by atoms with Crippen molar-refractivity contribution < 1.29 is 19.1 Å². The second-order valence-corrected chi connectivity index (χ2v) is 3.26.